The molecule has 1 saturated heterocycles. The highest BCUT2D eigenvalue weighted by Crippen LogP contribution is 2.28. The fraction of sp³-hybridized carbons (Fsp3) is 0.588. The van der Waals surface area contributed by atoms with Crippen LogP contribution in [-0.2, 0) is 11.3 Å². The smallest absolute Gasteiger partial charge is 0.255 e. The highest BCUT2D eigenvalue weighted by atomic mass is 16.5. The second kappa shape index (κ2) is 8.74. The van der Waals surface area contributed by atoms with E-state index in [0.717, 1.165) is 25.2 Å². The molecule has 23 heavy (non-hydrogen) atoms. The van der Waals surface area contributed by atoms with Crippen LogP contribution in [0.5, 0.6) is 11.5 Å². The number of likely N-dealkylation sites (N-methyl/N-ethyl adjacent to an activating group) is 1. The van der Waals surface area contributed by atoms with Gasteiger partial charge in [0.05, 0.1) is 7.11 Å². The van der Waals surface area contributed by atoms with Crippen LogP contribution in [0.3, 0.4) is 0 Å². The lowest BCUT2D eigenvalue weighted by Crippen LogP contribution is -2.37. The van der Waals surface area contributed by atoms with E-state index >= 15 is 0 Å². The van der Waals surface area contributed by atoms with Crippen molar-refractivity contribution in [3.05, 3.63) is 23.8 Å². The van der Waals surface area contributed by atoms with Gasteiger partial charge in [0.2, 0.25) is 0 Å². The van der Waals surface area contributed by atoms with Gasteiger partial charge in [0.15, 0.2) is 18.1 Å². The molecule has 3 N–H and O–H groups in total. The minimum atomic E-state index is -0.505. The van der Waals surface area contributed by atoms with E-state index in [2.05, 4.69) is 17.1 Å². The molecule has 1 aromatic carbocycles. The molecule has 6 nitrogen and oxygen atoms in total. The van der Waals surface area contributed by atoms with Crippen molar-refractivity contribution in [2.45, 2.75) is 32.4 Å². The third kappa shape index (κ3) is 5.11. The number of likely N-dealkylation sites (tertiary alicyclic amines) is 1. The van der Waals surface area contributed by atoms with Gasteiger partial charge in [0.25, 0.3) is 5.91 Å². The van der Waals surface area contributed by atoms with E-state index < -0.39 is 5.91 Å². The summed E-state index contributed by atoms with van der Waals surface area (Å²) >= 11 is 0. The van der Waals surface area contributed by atoms with Crippen molar-refractivity contribution in [3.63, 3.8) is 0 Å². The number of rotatable bonds is 9. The molecule has 6 heteroatoms. The number of primary amides is 1. The Bertz CT molecular complexity index is 522. The monoisotopic (exact) mass is 321 g/mol. The molecule has 1 amide bonds. The minimum absolute atomic E-state index is 0.150. The quantitative estimate of drug-likeness (QED) is 0.713. The van der Waals surface area contributed by atoms with Gasteiger partial charge in [0.1, 0.15) is 0 Å². The van der Waals surface area contributed by atoms with Crippen molar-refractivity contribution in [2.75, 3.05) is 33.4 Å². The summed E-state index contributed by atoms with van der Waals surface area (Å²) in [5.41, 5.74) is 6.21. The van der Waals surface area contributed by atoms with Crippen LogP contribution in [0.1, 0.15) is 25.3 Å². The lowest BCUT2D eigenvalue weighted by molar-refractivity contribution is -0.119. The number of benzene rings is 1. The van der Waals surface area contributed by atoms with E-state index in [4.69, 9.17) is 15.2 Å². The summed E-state index contributed by atoms with van der Waals surface area (Å²) in [7, 11) is 1.58. The number of hydrogen-bond acceptors (Lipinski definition) is 5. The Kier molecular flexibility index (Phi) is 6.67. The van der Waals surface area contributed by atoms with E-state index in [1.807, 2.05) is 18.2 Å². The molecule has 0 radical (unpaired) electrons. The summed E-state index contributed by atoms with van der Waals surface area (Å²) in [4.78, 5) is 13.3. The molecule has 0 saturated carbocycles. The van der Waals surface area contributed by atoms with Crippen LogP contribution in [0, 0.1) is 0 Å². The minimum Gasteiger partial charge on any atom is -0.493 e. The highest BCUT2D eigenvalue weighted by Gasteiger charge is 2.22. The third-order valence-electron chi connectivity index (χ3n) is 4.21. The first-order chi connectivity index (χ1) is 11.1. The van der Waals surface area contributed by atoms with Crippen LogP contribution in [0.15, 0.2) is 18.2 Å². The molecule has 0 aromatic heterocycles. The number of nitrogens with one attached hydrogen (secondary N) is 1. The molecular formula is C17H27N3O3. The zero-order chi connectivity index (χ0) is 16.7. The number of nitrogens with zero attached hydrogens (tertiary/aromatic N) is 1. The van der Waals surface area contributed by atoms with Crippen molar-refractivity contribution in [2.24, 2.45) is 5.73 Å². The topological polar surface area (TPSA) is 76.8 Å². The van der Waals surface area contributed by atoms with Gasteiger partial charge in [-0.25, -0.2) is 0 Å². The van der Waals surface area contributed by atoms with Crippen molar-refractivity contribution in [1.82, 2.24) is 10.2 Å². The molecule has 1 atom stereocenters. The molecule has 2 rings (SSSR count). The normalized spacial score (nSPS) is 18.1. The summed E-state index contributed by atoms with van der Waals surface area (Å²) in [5, 5.41) is 3.52. The SMILES string of the molecule is CCN1CCCC1CNCc1ccc(OCC(N)=O)c(OC)c1. The Morgan fingerprint density at radius 3 is 2.96 bits per heavy atom. The number of amides is 1. The van der Waals surface area contributed by atoms with E-state index in [-0.39, 0.29) is 6.61 Å². The molecule has 1 aromatic rings. The molecule has 1 fully saturated rings. The number of hydrogen-bond donors (Lipinski definition) is 2. The van der Waals surface area contributed by atoms with Crippen molar-refractivity contribution < 1.29 is 14.3 Å². The number of ether oxygens (including phenoxy) is 2. The predicted molar refractivity (Wildman–Crippen MR) is 89.7 cm³/mol. The first-order valence-electron chi connectivity index (χ1n) is 8.16. The summed E-state index contributed by atoms with van der Waals surface area (Å²) in [6, 6.07) is 6.35. The van der Waals surface area contributed by atoms with Crippen molar-refractivity contribution in [3.8, 4) is 11.5 Å². The Labute approximate surface area is 137 Å². The van der Waals surface area contributed by atoms with Gasteiger partial charge in [-0.1, -0.05) is 13.0 Å². The Morgan fingerprint density at radius 1 is 1.43 bits per heavy atom. The van der Waals surface area contributed by atoms with Gasteiger partial charge >= 0.3 is 0 Å². The number of nitrogens with two attached hydrogens (primary N) is 1. The second-order valence-electron chi connectivity index (χ2n) is 5.80. The maximum Gasteiger partial charge on any atom is 0.255 e. The lowest BCUT2D eigenvalue weighted by atomic mass is 10.2. The van der Waals surface area contributed by atoms with Crippen LogP contribution < -0.4 is 20.5 Å². The standard InChI is InChI=1S/C17H27N3O3/c1-3-20-8-4-5-14(20)11-19-10-13-6-7-15(16(9-13)22-2)23-12-17(18)21/h6-7,9,14,19H,3-5,8,10-12H2,1-2H3,(H2,18,21). The predicted octanol–water partition coefficient (Wildman–Crippen LogP) is 1.13. The average molecular weight is 321 g/mol. The molecule has 0 aliphatic carbocycles. The van der Waals surface area contributed by atoms with E-state index in [9.17, 15) is 4.79 Å². The van der Waals surface area contributed by atoms with Crippen molar-refractivity contribution in [1.29, 1.82) is 0 Å². The highest BCUT2D eigenvalue weighted by molar-refractivity contribution is 5.75. The largest absolute Gasteiger partial charge is 0.493 e. The summed E-state index contributed by atoms with van der Waals surface area (Å²) in [6.45, 7) is 6.17. The van der Waals surface area contributed by atoms with Crippen LogP contribution in [0.4, 0.5) is 0 Å². The first kappa shape index (κ1) is 17.6. The van der Waals surface area contributed by atoms with Crippen LogP contribution >= 0.6 is 0 Å². The van der Waals surface area contributed by atoms with Gasteiger partial charge in [-0.15, -0.1) is 0 Å². The number of carbonyl (C=O) groups excluding carboxylic acids is 1. The summed E-state index contributed by atoms with van der Waals surface area (Å²) < 4.78 is 10.7. The van der Waals surface area contributed by atoms with E-state index in [0.29, 0.717) is 17.5 Å². The van der Waals surface area contributed by atoms with Gasteiger partial charge < -0.3 is 20.5 Å². The Hall–Kier alpha value is -1.79. The van der Waals surface area contributed by atoms with Gasteiger partial charge in [0, 0.05) is 19.1 Å². The third-order valence-corrected chi connectivity index (χ3v) is 4.21. The fourth-order valence-electron chi connectivity index (χ4n) is 3.02. The van der Waals surface area contributed by atoms with Gasteiger partial charge in [-0.2, -0.15) is 0 Å². The van der Waals surface area contributed by atoms with E-state index in [1.54, 1.807) is 7.11 Å². The Morgan fingerprint density at radius 2 is 2.26 bits per heavy atom. The van der Waals surface area contributed by atoms with Crippen LogP contribution in [-0.4, -0.2) is 50.2 Å². The molecule has 0 bridgehead atoms. The molecule has 1 unspecified atom stereocenters. The molecule has 1 aliphatic rings. The zero-order valence-corrected chi connectivity index (χ0v) is 14.0. The molecule has 128 valence electrons. The van der Waals surface area contributed by atoms with Crippen molar-refractivity contribution >= 4 is 5.91 Å². The lowest BCUT2D eigenvalue weighted by Gasteiger charge is -2.23. The maximum absolute atomic E-state index is 10.8. The molecule has 1 aliphatic heterocycles. The second-order valence-corrected chi connectivity index (χ2v) is 5.80. The van der Waals surface area contributed by atoms with Gasteiger partial charge in [-0.3, -0.25) is 9.69 Å². The fourth-order valence-corrected chi connectivity index (χ4v) is 3.02. The number of methoxy groups -OCH3 is 1. The van der Waals surface area contributed by atoms with Gasteiger partial charge in [-0.05, 0) is 43.6 Å². The molecular weight excluding hydrogens is 294 g/mol. The van der Waals surface area contributed by atoms with E-state index in [1.165, 1.54) is 19.4 Å². The van der Waals surface area contributed by atoms with Crippen LogP contribution in [0.25, 0.3) is 0 Å². The molecule has 1 heterocycles. The average Bonchev–Trinajstić information content (AvgIpc) is 3.00. The summed E-state index contributed by atoms with van der Waals surface area (Å²) in [6.07, 6.45) is 2.56. The maximum atomic E-state index is 10.8. The Balaban J connectivity index is 1.86. The molecule has 0 spiro atoms. The number of carbonyl (C=O) groups is 1. The summed E-state index contributed by atoms with van der Waals surface area (Å²) in [5.74, 6) is 0.638. The van der Waals surface area contributed by atoms with Crippen LogP contribution in [0.2, 0.25) is 0 Å². The zero-order valence-electron chi connectivity index (χ0n) is 14.0. The first-order valence-corrected chi connectivity index (χ1v) is 8.16.